The second-order valence-electron chi connectivity index (χ2n) is 21.3. The van der Waals surface area contributed by atoms with Crippen molar-refractivity contribution in [3.63, 3.8) is 0 Å². The van der Waals surface area contributed by atoms with Crippen molar-refractivity contribution in [3.8, 4) is 0 Å². The molecule has 12 aliphatic rings. The summed E-state index contributed by atoms with van der Waals surface area (Å²) in [5.41, 5.74) is 2.64. The summed E-state index contributed by atoms with van der Waals surface area (Å²) in [5.74, 6) is 12.8. The molecule has 0 aromatic rings. The average molecular weight is 661 g/mol. The predicted octanol–water partition coefficient (Wildman–Crippen LogP) is 11.5. The van der Waals surface area contributed by atoms with Crippen LogP contribution in [0.25, 0.3) is 0 Å². The number of hydrogen-bond donors (Lipinski definition) is 0. The van der Waals surface area contributed by atoms with E-state index in [1.165, 1.54) is 0 Å². The number of rotatable bonds is 11. The van der Waals surface area contributed by atoms with Crippen LogP contribution in [0.2, 0.25) is 0 Å². The van der Waals surface area contributed by atoms with Gasteiger partial charge in [0.25, 0.3) is 0 Å². The summed E-state index contributed by atoms with van der Waals surface area (Å²) < 4.78 is 0. The van der Waals surface area contributed by atoms with Crippen LogP contribution in [0.4, 0.5) is 0 Å². The molecule has 0 saturated heterocycles. The highest BCUT2D eigenvalue weighted by Crippen LogP contribution is 2.68. The summed E-state index contributed by atoms with van der Waals surface area (Å²) in [6.45, 7) is 21.3. The largest absolute Gasteiger partial charge is 0.106 e. The summed E-state index contributed by atoms with van der Waals surface area (Å²) in [4.78, 5) is 0. The predicted molar refractivity (Wildman–Crippen MR) is 207 cm³/mol. The third kappa shape index (κ3) is 5.85. The number of fused-ring (bicyclic) bond motifs is 8. The van der Waals surface area contributed by atoms with Gasteiger partial charge in [0, 0.05) is 16.8 Å². The maximum absolute atomic E-state index is 2.66. The van der Waals surface area contributed by atoms with Gasteiger partial charge in [-0.15, -0.1) is 15.8 Å². The van der Waals surface area contributed by atoms with Gasteiger partial charge in [0.1, 0.15) is 0 Å². The van der Waals surface area contributed by atoms with Crippen molar-refractivity contribution in [2.24, 2.45) is 92.7 Å². The summed E-state index contributed by atoms with van der Waals surface area (Å²) >= 11 is 0. The van der Waals surface area contributed by atoms with Crippen molar-refractivity contribution in [3.05, 3.63) is 0 Å². The fraction of sp³-hybridized carbons (Fsp3) is 1.00. The van der Waals surface area contributed by atoms with Gasteiger partial charge in [0.05, 0.1) is 0 Å². The molecule has 0 aromatic carbocycles. The lowest BCUT2D eigenvalue weighted by Gasteiger charge is -2.62. The molecule has 0 amide bonds. The Morgan fingerprint density at radius 1 is 0.370 bits per heavy atom. The van der Waals surface area contributed by atoms with Crippen molar-refractivity contribution in [2.45, 2.75) is 132 Å². The molecule has 0 nitrogen and oxygen atoms in total. The van der Waals surface area contributed by atoms with E-state index in [0.29, 0.717) is 21.7 Å². The lowest BCUT2D eigenvalue weighted by molar-refractivity contribution is -0.0996. The Labute approximate surface area is 293 Å². The van der Waals surface area contributed by atoms with E-state index in [-0.39, 0.29) is 32.7 Å². The first-order chi connectivity index (χ1) is 20.8. The standard InChI is InChI=1S/C42H72P2.2B/c1-39(2)31-13-9-27(35(39)19-31)23-43(24-28-10-14-32-20-36(28)40(32,3)4)17-18-44(25-29-11-15-33-21-37(29)41(33,5)6)26-30-12-16-34-22-38(30)42(34,7)8;;/h27-38H,9-26H2,1-8H3;;/t27-,28-,29-,30-,31-,32-,33-,34-,35-,36-,37-,38-;;/m0../s1. The molecule has 0 spiro atoms. The van der Waals surface area contributed by atoms with Crippen molar-refractivity contribution >= 4 is 32.7 Å². The lowest BCUT2D eigenvalue weighted by atomic mass is 9.46. The highest BCUT2D eigenvalue weighted by Gasteiger charge is 2.58. The van der Waals surface area contributed by atoms with E-state index in [0.717, 1.165) is 71.0 Å². The fourth-order valence-electron chi connectivity index (χ4n) is 14.8. The Morgan fingerprint density at radius 2 is 0.587 bits per heavy atom. The van der Waals surface area contributed by atoms with Crippen LogP contribution < -0.4 is 0 Å². The van der Waals surface area contributed by atoms with Crippen LogP contribution in [-0.4, -0.2) is 53.8 Å². The molecular weight excluding hydrogens is 588 g/mol. The van der Waals surface area contributed by atoms with Gasteiger partial charge >= 0.3 is 0 Å². The first-order valence-electron chi connectivity index (χ1n) is 20.2. The van der Waals surface area contributed by atoms with Gasteiger partial charge in [-0.1, -0.05) is 55.4 Å². The van der Waals surface area contributed by atoms with Crippen LogP contribution in [0, 0.1) is 92.7 Å². The van der Waals surface area contributed by atoms with Crippen LogP contribution in [0.1, 0.15) is 132 Å². The lowest BCUT2D eigenvalue weighted by Crippen LogP contribution is -2.54. The molecule has 0 heterocycles. The normalized spacial score (nSPS) is 46.0. The molecule has 12 saturated carbocycles. The number of hydrogen-bond acceptors (Lipinski definition) is 0. The molecule has 4 heteroatoms. The van der Waals surface area contributed by atoms with Crippen LogP contribution >= 0.6 is 15.8 Å². The van der Waals surface area contributed by atoms with Gasteiger partial charge in [-0.2, -0.15) is 0 Å². The van der Waals surface area contributed by atoms with E-state index in [9.17, 15) is 0 Å². The Morgan fingerprint density at radius 3 is 0.761 bits per heavy atom. The SMILES string of the molecule is CC1(C)[C@H]2CC[C@@H](CP(CCP(C[C@@H]3CC[C@H]4C[C@@H]3C4(C)C)C[C@@H]3CC[C@H]4C[C@@H]3C4(C)C)C[C@@H]3CC[C@H]4C[C@@H]3C4(C)C)[C@@H]1C2.[B].[B]. The van der Waals surface area contributed by atoms with Crippen molar-refractivity contribution < 1.29 is 0 Å². The molecule has 6 radical (unpaired) electrons. The van der Waals surface area contributed by atoms with Crippen LogP contribution in [0.3, 0.4) is 0 Å². The molecule has 12 aliphatic carbocycles. The second-order valence-corrected chi connectivity index (χ2v) is 26.3. The molecule has 12 fully saturated rings. The monoisotopic (exact) mass is 661 g/mol. The molecule has 12 rings (SSSR count). The van der Waals surface area contributed by atoms with Crippen LogP contribution in [-0.2, 0) is 0 Å². The summed E-state index contributed by atoms with van der Waals surface area (Å²) in [6, 6.07) is 0. The molecular formula is C42H72B2P2. The Kier molecular flexibility index (Phi) is 10.3. The highest BCUT2D eigenvalue weighted by atomic mass is 31.1. The molecule has 256 valence electrons. The first kappa shape index (κ1) is 36.8. The molecule has 8 bridgehead atoms. The molecule has 0 aliphatic heterocycles. The zero-order valence-corrected chi connectivity index (χ0v) is 33.5. The minimum Gasteiger partial charge on any atom is -0.106 e. The van der Waals surface area contributed by atoms with Gasteiger partial charge in [-0.25, -0.2) is 0 Å². The molecule has 12 atom stereocenters. The van der Waals surface area contributed by atoms with E-state index in [2.05, 4.69) is 55.4 Å². The minimum atomic E-state index is 0. The zero-order chi connectivity index (χ0) is 30.8. The Hall–Kier alpha value is 0.990. The third-order valence-electron chi connectivity index (χ3n) is 18.7. The van der Waals surface area contributed by atoms with E-state index >= 15 is 0 Å². The summed E-state index contributed by atoms with van der Waals surface area (Å²) in [7, 11) is 0.408. The van der Waals surface area contributed by atoms with Crippen molar-refractivity contribution in [1.82, 2.24) is 0 Å². The summed E-state index contributed by atoms with van der Waals surface area (Å²) in [6.07, 6.45) is 29.0. The van der Waals surface area contributed by atoms with Gasteiger partial charge in [-0.05, 0) is 207 Å². The maximum Gasteiger partial charge on any atom is 0 e. The smallest absolute Gasteiger partial charge is 0 e. The second kappa shape index (κ2) is 12.9. The van der Waals surface area contributed by atoms with E-state index in [1.54, 1.807) is 114 Å². The minimum absolute atomic E-state index is 0. The van der Waals surface area contributed by atoms with Gasteiger partial charge in [-0.3, -0.25) is 0 Å². The first-order valence-corrected chi connectivity index (χ1v) is 24.0. The van der Waals surface area contributed by atoms with Gasteiger partial charge in [0.2, 0.25) is 0 Å². The summed E-state index contributed by atoms with van der Waals surface area (Å²) in [5, 5.41) is 0. The zero-order valence-electron chi connectivity index (χ0n) is 31.7. The van der Waals surface area contributed by atoms with E-state index in [1.807, 2.05) is 0 Å². The van der Waals surface area contributed by atoms with E-state index in [4.69, 9.17) is 0 Å². The van der Waals surface area contributed by atoms with Crippen LogP contribution in [0.15, 0.2) is 0 Å². The topological polar surface area (TPSA) is 0 Å². The molecule has 46 heavy (non-hydrogen) atoms. The molecule has 0 unspecified atom stereocenters. The van der Waals surface area contributed by atoms with Gasteiger partial charge in [0.15, 0.2) is 0 Å². The van der Waals surface area contributed by atoms with Crippen molar-refractivity contribution in [2.75, 3.05) is 37.0 Å². The fourth-order valence-corrected chi connectivity index (χ4v) is 22.5. The quantitative estimate of drug-likeness (QED) is 0.153. The maximum atomic E-state index is 2.66. The highest BCUT2D eigenvalue weighted by molar-refractivity contribution is 7.61. The third-order valence-corrected chi connectivity index (χ3v) is 24.7. The Bertz CT molecular complexity index is 910. The Balaban J connectivity index is 0.00000186. The van der Waals surface area contributed by atoms with Crippen molar-refractivity contribution in [1.29, 1.82) is 0 Å². The average Bonchev–Trinajstić information content (AvgIpc) is 2.99. The molecule has 0 N–H and O–H groups in total. The van der Waals surface area contributed by atoms with E-state index < -0.39 is 0 Å². The van der Waals surface area contributed by atoms with Crippen LogP contribution in [0.5, 0.6) is 0 Å². The molecule has 0 aromatic heterocycles. The van der Waals surface area contributed by atoms with Gasteiger partial charge < -0.3 is 0 Å².